The molecule has 13 heavy (non-hydrogen) atoms. The minimum Gasteiger partial charge on any atom is -0.361 e. The molecule has 1 amide bonds. The Balaban J connectivity index is 2.33. The summed E-state index contributed by atoms with van der Waals surface area (Å²) in [5, 5.41) is 6.68. The molecule has 1 unspecified atom stereocenters. The predicted molar refractivity (Wildman–Crippen MR) is 56.0 cm³/mol. The van der Waals surface area contributed by atoms with Crippen molar-refractivity contribution in [3.8, 4) is 0 Å². The van der Waals surface area contributed by atoms with Crippen LogP contribution in [0.1, 0.15) is 13.3 Å². The van der Waals surface area contributed by atoms with Crippen LogP contribution >= 0.6 is 11.8 Å². The number of amidine groups is 1. The molecule has 1 atom stereocenters. The molecule has 74 valence electrons. The van der Waals surface area contributed by atoms with Gasteiger partial charge in [0.05, 0.1) is 0 Å². The van der Waals surface area contributed by atoms with Gasteiger partial charge in [-0.25, -0.2) is 0 Å². The summed E-state index contributed by atoms with van der Waals surface area (Å²) < 4.78 is 0. The van der Waals surface area contributed by atoms with Crippen molar-refractivity contribution < 1.29 is 4.79 Å². The molecule has 2 N–H and O–H groups in total. The van der Waals surface area contributed by atoms with Crippen molar-refractivity contribution in [2.24, 2.45) is 4.99 Å². The number of hydrogen-bond donors (Lipinski definition) is 2. The lowest BCUT2D eigenvalue weighted by atomic mass is 10.3. The second kappa shape index (κ2) is 5.11. The molecule has 1 aliphatic rings. The maximum absolute atomic E-state index is 10.9. The molecule has 1 heterocycles. The first-order valence-electron chi connectivity index (χ1n) is 4.40. The van der Waals surface area contributed by atoms with Gasteiger partial charge in [0.15, 0.2) is 5.17 Å². The smallest absolute Gasteiger partial charge is 0.241 e. The quantitative estimate of drug-likeness (QED) is 0.686. The van der Waals surface area contributed by atoms with Crippen LogP contribution in [0, 0.1) is 0 Å². The fraction of sp³-hybridized carbons (Fsp3) is 0.750. The summed E-state index contributed by atoms with van der Waals surface area (Å²) in [4.78, 5) is 15.0. The van der Waals surface area contributed by atoms with Gasteiger partial charge in [-0.1, -0.05) is 18.7 Å². The molecule has 0 saturated carbocycles. The molecule has 1 fully saturated rings. The SMILES string of the molecule is CCC1CSC(=NCC(=O)NC)N1. The molecule has 0 spiro atoms. The lowest BCUT2D eigenvalue weighted by Gasteiger charge is -2.04. The summed E-state index contributed by atoms with van der Waals surface area (Å²) >= 11 is 1.69. The topological polar surface area (TPSA) is 53.5 Å². The van der Waals surface area contributed by atoms with Gasteiger partial charge in [0.25, 0.3) is 0 Å². The van der Waals surface area contributed by atoms with Gasteiger partial charge < -0.3 is 10.6 Å². The Kier molecular flexibility index (Phi) is 4.08. The number of aliphatic imine (C=N–C) groups is 1. The highest BCUT2D eigenvalue weighted by Crippen LogP contribution is 2.15. The monoisotopic (exact) mass is 201 g/mol. The van der Waals surface area contributed by atoms with Gasteiger partial charge in [-0.15, -0.1) is 0 Å². The summed E-state index contributed by atoms with van der Waals surface area (Å²) in [6.07, 6.45) is 1.10. The lowest BCUT2D eigenvalue weighted by Crippen LogP contribution is -2.27. The third-order valence-electron chi connectivity index (χ3n) is 1.89. The van der Waals surface area contributed by atoms with Crippen LogP contribution < -0.4 is 10.6 Å². The van der Waals surface area contributed by atoms with E-state index in [1.54, 1.807) is 18.8 Å². The van der Waals surface area contributed by atoms with Crippen molar-refractivity contribution >= 4 is 22.8 Å². The largest absolute Gasteiger partial charge is 0.361 e. The Labute approximate surface area is 82.6 Å². The zero-order chi connectivity index (χ0) is 9.68. The van der Waals surface area contributed by atoms with Gasteiger partial charge in [0.2, 0.25) is 5.91 Å². The molecule has 5 heteroatoms. The molecule has 0 radical (unpaired) electrons. The molecule has 1 saturated heterocycles. The van der Waals surface area contributed by atoms with Crippen molar-refractivity contribution in [2.45, 2.75) is 19.4 Å². The number of nitrogens with zero attached hydrogens (tertiary/aromatic N) is 1. The molecule has 1 rings (SSSR count). The van der Waals surface area contributed by atoms with Gasteiger partial charge in [-0.2, -0.15) is 0 Å². The summed E-state index contributed by atoms with van der Waals surface area (Å²) in [5.74, 6) is 1.01. The molecule has 0 aliphatic carbocycles. The summed E-state index contributed by atoms with van der Waals surface area (Å²) in [7, 11) is 1.62. The number of carbonyl (C=O) groups is 1. The van der Waals surface area contributed by atoms with Crippen molar-refractivity contribution in [3.05, 3.63) is 0 Å². The van der Waals surface area contributed by atoms with Crippen molar-refractivity contribution in [1.82, 2.24) is 10.6 Å². The van der Waals surface area contributed by atoms with E-state index in [0.717, 1.165) is 17.3 Å². The molecular formula is C8H15N3OS. The van der Waals surface area contributed by atoms with Crippen LogP contribution in [0.4, 0.5) is 0 Å². The van der Waals surface area contributed by atoms with Crippen LogP contribution in [0.15, 0.2) is 4.99 Å². The minimum absolute atomic E-state index is 0.0464. The molecule has 0 aromatic carbocycles. The highest BCUT2D eigenvalue weighted by atomic mass is 32.2. The summed E-state index contributed by atoms with van der Waals surface area (Å²) in [6.45, 7) is 2.36. The van der Waals surface area contributed by atoms with E-state index < -0.39 is 0 Å². The maximum atomic E-state index is 10.9. The second-order valence-electron chi connectivity index (χ2n) is 2.86. The highest BCUT2D eigenvalue weighted by molar-refractivity contribution is 8.14. The molecule has 0 aromatic heterocycles. The number of rotatable bonds is 3. The highest BCUT2D eigenvalue weighted by Gasteiger charge is 2.17. The van der Waals surface area contributed by atoms with Gasteiger partial charge >= 0.3 is 0 Å². The van der Waals surface area contributed by atoms with Crippen molar-refractivity contribution in [1.29, 1.82) is 0 Å². The third kappa shape index (κ3) is 3.26. The Bertz CT molecular complexity index is 217. The molecule has 1 aliphatic heterocycles. The van der Waals surface area contributed by atoms with Gasteiger partial charge in [0, 0.05) is 18.8 Å². The number of nitrogens with one attached hydrogen (secondary N) is 2. The van der Waals surface area contributed by atoms with Crippen LogP contribution in [0.5, 0.6) is 0 Å². The zero-order valence-corrected chi connectivity index (χ0v) is 8.78. The third-order valence-corrected chi connectivity index (χ3v) is 2.98. The van der Waals surface area contributed by atoms with Crippen molar-refractivity contribution in [2.75, 3.05) is 19.3 Å². The van der Waals surface area contributed by atoms with E-state index in [1.165, 1.54) is 0 Å². The predicted octanol–water partition coefficient (Wildman–Crippen LogP) is 0.203. The first-order chi connectivity index (χ1) is 6.26. The number of amides is 1. The Morgan fingerprint density at radius 1 is 1.85 bits per heavy atom. The van der Waals surface area contributed by atoms with E-state index in [9.17, 15) is 4.79 Å². The standard InChI is InChI=1S/C8H15N3OS/c1-3-6-5-13-8(11-6)10-4-7(12)9-2/h6H,3-5H2,1-2H3,(H,9,12)(H,10,11). The normalized spacial score (nSPS) is 24.5. The zero-order valence-electron chi connectivity index (χ0n) is 7.96. The lowest BCUT2D eigenvalue weighted by molar-refractivity contribution is -0.119. The minimum atomic E-state index is -0.0464. The molecule has 0 bridgehead atoms. The Morgan fingerprint density at radius 3 is 3.15 bits per heavy atom. The van der Waals surface area contributed by atoms with Gasteiger partial charge in [-0.3, -0.25) is 9.79 Å². The van der Waals surface area contributed by atoms with E-state index in [0.29, 0.717) is 6.04 Å². The van der Waals surface area contributed by atoms with E-state index in [4.69, 9.17) is 0 Å². The van der Waals surface area contributed by atoms with E-state index in [1.807, 2.05) is 0 Å². The average Bonchev–Trinajstić information content (AvgIpc) is 2.61. The average molecular weight is 201 g/mol. The fourth-order valence-electron chi connectivity index (χ4n) is 0.971. The van der Waals surface area contributed by atoms with Crippen LogP contribution in [0.2, 0.25) is 0 Å². The summed E-state index contributed by atoms with van der Waals surface area (Å²) in [6, 6.07) is 0.522. The van der Waals surface area contributed by atoms with E-state index in [-0.39, 0.29) is 12.5 Å². The first-order valence-corrected chi connectivity index (χ1v) is 5.39. The van der Waals surface area contributed by atoms with Crippen LogP contribution in [0.3, 0.4) is 0 Å². The molecule has 4 nitrogen and oxygen atoms in total. The van der Waals surface area contributed by atoms with Gasteiger partial charge in [-0.05, 0) is 6.42 Å². The van der Waals surface area contributed by atoms with Crippen molar-refractivity contribution in [3.63, 3.8) is 0 Å². The van der Waals surface area contributed by atoms with Crippen LogP contribution in [0.25, 0.3) is 0 Å². The summed E-state index contributed by atoms with van der Waals surface area (Å²) in [5.41, 5.74) is 0. The second-order valence-corrected chi connectivity index (χ2v) is 3.86. The fourth-order valence-corrected chi connectivity index (χ4v) is 2.06. The number of carbonyl (C=O) groups excluding carboxylic acids is 1. The van der Waals surface area contributed by atoms with E-state index >= 15 is 0 Å². The maximum Gasteiger partial charge on any atom is 0.241 e. The number of likely N-dealkylation sites (N-methyl/N-ethyl adjacent to an activating group) is 1. The van der Waals surface area contributed by atoms with Crippen LogP contribution in [-0.4, -0.2) is 36.5 Å². The van der Waals surface area contributed by atoms with Crippen LogP contribution in [-0.2, 0) is 4.79 Å². The Morgan fingerprint density at radius 2 is 2.62 bits per heavy atom. The van der Waals surface area contributed by atoms with E-state index in [2.05, 4.69) is 22.5 Å². The van der Waals surface area contributed by atoms with Gasteiger partial charge in [0.1, 0.15) is 6.54 Å². The molecule has 0 aromatic rings. The Hall–Kier alpha value is -0.710. The first kappa shape index (κ1) is 10.4. The number of thioether (sulfide) groups is 1. The number of hydrogen-bond acceptors (Lipinski definition) is 3. The molecular weight excluding hydrogens is 186 g/mol.